The van der Waals surface area contributed by atoms with E-state index < -0.39 is 21.8 Å². The van der Waals surface area contributed by atoms with E-state index in [1.807, 2.05) is 0 Å². The highest BCUT2D eigenvalue weighted by atomic mass is 32.2. The zero-order valence-electron chi connectivity index (χ0n) is 14.6. The molecule has 2 N–H and O–H groups in total. The molecule has 0 spiro atoms. The average Bonchev–Trinajstić information content (AvgIpc) is 3.41. The van der Waals surface area contributed by atoms with Gasteiger partial charge in [-0.15, -0.1) is 11.3 Å². The summed E-state index contributed by atoms with van der Waals surface area (Å²) in [4.78, 5) is 23.8. The van der Waals surface area contributed by atoms with E-state index in [1.54, 1.807) is 35.9 Å². The van der Waals surface area contributed by atoms with Crippen LogP contribution in [0.25, 0.3) is 0 Å². The van der Waals surface area contributed by atoms with Crippen LogP contribution in [0.2, 0.25) is 0 Å². The normalized spacial score (nSPS) is 17.7. The van der Waals surface area contributed by atoms with Gasteiger partial charge in [-0.05, 0) is 36.4 Å². The summed E-state index contributed by atoms with van der Waals surface area (Å²) >= 11 is 1.17. The van der Waals surface area contributed by atoms with E-state index in [2.05, 4.69) is 10.6 Å². The van der Waals surface area contributed by atoms with Gasteiger partial charge in [0.05, 0.1) is 6.26 Å². The van der Waals surface area contributed by atoms with Gasteiger partial charge in [0.1, 0.15) is 9.97 Å². The predicted octanol–water partition coefficient (Wildman–Crippen LogP) is 0.969. The monoisotopic (exact) mass is 411 g/mol. The molecule has 3 rings (SSSR count). The molecule has 2 aromatic heterocycles. The number of rotatable bonds is 7. The molecule has 0 bridgehead atoms. The van der Waals surface area contributed by atoms with Crippen LogP contribution < -0.4 is 10.6 Å². The van der Waals surface area contributed by atoms with Gasteiger partial charge in [0.15, 0.2) is 0 Å². The van der Waals surface area contributed by atoms with Crippen LogP contribution in [0.5, 0.6) is 0 Å². The minimum atomic E-state index is -3.56. The van der Waals surface area contributed by atoms with Crippen molar-refractivity contribution in [3.05, 3.63) is 41.7 Å². The first kappa shape index (κ1) is 19.6. The lowest BCUT2D eigenvalue weighted by atomic mass is 10.2. The molecule has 3 heterocycles. The van der Waals surface area contributed by atoms with Crippen molar-refractivity contribution in [3.63, 3.8) is 0 Å². The number of amides is 2. The minimum Gasteiger partial charge on any atom is -0.469 e. The second-order valence-electron chi connectivity index (χ2n) is 6.14. The Hall–Kier alpha value is -2.17. The number of hydrogen-bond acceptors (Lipinski definition) is 6. The summed E-state index contributed by atoms with van der Waals surface area (Å²) in [5.74, 6) is -0.793. The molecule has 1 fully saturated rings. The van der Waals surface area contributed by atoms with Crippen molar-refractivity contribution in [1.82, 2.24) is 14.9 Å². The Kier molecular flexibility index (Phi) is 6.30. The zero-order valence-corrected chi connectivity index (χ0v) is 16.2. The van der Waals surface area contributed by atoms with Gasteiger partial charge in [-0.1, -0.05) is 6.07 Å². The molecule has 1 aliphatic heterocycles. The van der Waals surface area contributed by atoms with E-state index in [4.69, 9.17) is 4.42 Å². The lowest BCUT2D eigenvalue weighted by molar-refractivity contribution is -0.139. The third-order valence-corrected chi connectivity index (χ3v) is 7.65. The summed E-state index contributed by atoms with van der Waals surface area (Å²) in [6, 6.07) is 6.45. The maximum absolute atomic E-state index is 12.7. The topological polar surface area (TPSA) is 109 Å². The second kappa shape index (κ2) is 8.68. The molecule has 0 aliphatic carbocycles. The number of carbonyl (C=O) groups excluding carboxylic acids is 2. The molecule has 1 saturated heterocycles. The molecular weight excluding hydrogens is 390 g/mol. The first-order valence-corrected chi connectivity index (χ1v) is 10.9. The summed E-state index contributed by atoms with van der Waals surface area (Å²) in [6.45, 7) is 0.799. The van der Waals surface area contributed by atoms with Crippen molar-refractivity contribution in [1.29, 1.82) is 0 Å². The quantitative estimate of drug-likeness (QED) is 0.660. The van der Waals surface area contributed by atoms with Gasteiger partial charge in [-0.2, -0.15) is 4.31 Å². The molecule has 0 saturated carbocycles. The standard InChI is InChI=1S/C17H21N3O5S2/c21-16(18-8-7-14-5-2-10-25-14)17(22)19-12-13-4-1-9-20(13)27(23,24)15-6-3-11-26-15/h2-3,5-6,10-11,13H,1,4,7-9,12H2,(H,18,21)(H,19,22)/t13-/m0/s1. The SMILES string of the molecule is O=C(NCCc1ccco1)C(=O)NC[C@@H]1CCCN1S(=O)(=O)c1cccs1. The van der Waals surface area contributed by atoms with Gasteiger partial charge in [-0.3, -0.25) is 9.59 Å². The second-order valence-corrected chi connectivity index (χ2v) is 9.20. The Morgan fingerprint density at radius 2 is 2.04 bits per heavy atom. The molecule has 2 amide bonds. The summed E-state index contributed by atoms with van der Waals surface area (Å²) < 4.78 is 32.2. The summed E-state index contributed by atoms with van der Waals surface area (Å²) in [6.07, 6.45) is 3.40. The van der Waals surface area contributed by atoms with Crippen LogP contribution in [0.15, 0.2) is 44.5 Å². The maximum Gasteiger partial charge on any atom is 0.309 e. The molecule has 1 aliphatic rings. The lowest BCUT2D eigenvalue weighted by Crippen LogP contribution is -2.47. The Morgan fingerprint density at radius 1 is 1.22 bits per heavy atom. The molecule has 0 radical (unpaired) electrons. The third kappa shape index (κ3) is 4.76. The van der Waals surface area contributed by atoms with Gasteiger partial charge in [0.2, 0.25) is 0 Å². The van der Waals surface area contributed by atoms with E-state index >= 15 is 0 Å². The molecule has 0 aromatic carbocycles. The molecule has 2 aromatic rings. The van der Waals surface area contributed by atoms with Gasteiger partial charge in [0.25, 0.3) is 10.0 Å². The number of furan rings is 1. The molecule has 0 unspecified atom stereocenters. The molecule has 146 valence electrons. The molecule has 10 heteroatoms. The Bertz CT molecular complexity index is 863. The van der Waals surface area contributed by atoms with Crippen molar-refractivity contribution in [2.75, 3.05) is 19.6 Å². The first-order valence-electron chi connectivity index (χ1n) is 8.62. The van der Waals surface area contributed by atoms with Crippen molar-refractivity contribution in [2.24, 2.45) is 0 Å². The van der Waals surface area contributed by atoms with Crippen LogP contribution in [-0.4, -0.2) is 50.2 Å². The fraction of sp³-hybridized carbons (Fsp3) is 0.412. The molecule has 1 atom stereocenters. The van der Waals surface area contributed by atoms with Crippen molar-refractivity contribution in [3.8, 4) is 0 Å². The van der Waals surface area contributed by atoms with Crippen LogP contribution in [0.1, 0.15) is 18.6 Å². The summed E-state index contributed by atoms with van der Waals surface area (Å²) in [5.41, 5.74) is 0. The number of carbonyl (C=O) groups is 2. The highest BCUT2D eigenvalue weighted by Crippen LogP contribution is 2.28. The van der Waals surface area contributed by atoms with Crippen molar-refractivity contribution < 1.29 is 22.4 Å². The van der Waals surface area contributed by atoms with Crippen LogP contribution in [-0.2, 0) is 26.0 Å². The fourth-order valence-corrected chi connectivity index (χ4v) is 5.79. The van der Waals surface area contributed by atoms with Gasteiger partial charge < -0.3 is 15.1 Å². The van der Waals surface area contributed by atoms with Crippen LogP contribution in [0.3, 0.4) is 0 Å². The predicted molar refractivity (Wildman–Crippen MR) is 99.7 cm³/mol. The van der Waals surface area contributed by atoms with E-state index in [0.717, 1.165) is 12.2 Å². The highest BCUT2D eigenvalue weighted by molar-refractivity contribution is 7.91. The highest BCUT2D eigenvalue weighted by Gasteiger charge is 2.36. The van der Waals surface area contributed by atoms with Gasteiger partial charge >= 0.3 is 11.8 Å². The number of sulfonamides is 1. The minimum absolute atomic E-state index is 0.106. The fourth-order valence-electron chi connectivity index (χ4n) is 2.98. The van der Waals surface area contributed by atoms with E-state index in [0.29, 0.717) is 19.4 Å². The largest absolute Gasteiger partial charge is 0.469 e. The number of nitrogens with one attached hydrogen (secondary N) is 2. The Balaban J connectivity index is 1.48. The number of thiophene rings is 1. The number of nitrogens with zero attached hydrogens (tertiary/aromatic N) is 1. The van der Waals surface area contributed by atoms with Gasteiger partial charge in [0, 0.05) is 32.1 Å². The molecule has 8 nitrogen and oxygen atoms in total. The van der Waals surface area contributed by atoms with Crippen LogP contribution in [0, 0.1) is 0 Å². The summed E-state index contributed by atoms with van der Waals surface area (Å²) in [7, 11) is -3.56. The maximum atomic E-state index is 12.7. The van der Waals surface area contributed by atoms with E-state index in [-0.39, 0.29) is 23.3 Å². The molecular formula is C17H21N3O5S2. The molecule has 27 heavy (non-hydrogen) atoms. The third-order valence-electron chi connectivity index (χ3n) is 4.32. The van der Waals surface area contributed by atoms with Crippen LogP contribution >= 0.6 is 11.3 Å². The summed E-state index contributed by atoms with van der Waals surface area (Å²) in [5, 5.41) is 6.77. The lowest BCUT2D eigenvalue weighted by Gasteiger charge is -2.23. The van der Waals surface area contributed by atoms with E-state index in [1.165, 1.54) is 15.6 Å². The van der Waals surface area contributed by atoms with Crippen molar-refractivity contribution >= 4 is 33.2 Å². The first-order chi connectivity index (χ1) is 13.0. The Morgan fingerprint density at radius 3 is 2.74 bits per heavy atom. The van der Waals surface area contributed by atoms with Crippen molar-refractivity contribution in [2.45, 2.75) is 29.5 Å². The van der Waals surface area contributed by atoms with E-state index in [9.17, 15) is 18.0 Å². The van der Waals surface area contributed by atoms with Crippen LogP contribution in [0.4, 0.5) is 0 Å². The Labute approximate surface area is 161 Å². The van der Waals surface area contributed by atoms with Gasteiger partial charge in [-0.25, -0.2) is 8.42 Å². The smallest absolute Gasteiger partial charge is 0.309 e. The average molecular weight is 412 g/mol. The zero-order chi connectivity index (χ0) is 19.3. The number of hydrogen-bond donors (Lipinski definition) is 2.